The van der Waals surface area contributed by atoms with E-state index in [4.69, 9.17) is 4.74 Å². The van der Waals surface area contributed by atoms with Crippen molar-refractivity contribution in [2.45, 2.75) is 64.1 Å². The van der Waals surface area contributed by atoms with Crippen molar-refractivity contribution in [3.8, 4) is 0 Å². The lowest BCUT2D eigenvalue weighted by atomic mass is 9.89. The molecule has 5 nitrogen and oxygen atoms in total. The van der Waals surface area contributed by atoms with Gasteiger partial charge in [-0.05, 0) is 37.5 Å². The van der Waals surface area contributed by atoms with Crippen LogP contribution in [-0.2, 0) is 9.53 Å². The van der Waals surface area contributed by atoms with Gasteiger partial charge in [0.05, 0.1) is 13.2 Å². The highest BCUT2D eigenvalue weighted by Gasteiger charge is 2.34. The second kappa shape index (κ2) is 7.95. The summed E-state index contributed by atoms with van der Waals surface area (Å²) >= 11 is 0. The molecule has 1 amide bonds. The molecule has 3 aliphatic rings. The van der Waals surface area contributed by atoms with E-state index in [2.05, 4.69) is 29.4 Å². The van der Waals surface area contributed by atoms with E-state index in [1.165, 1.54) is 25.7 Å². The van der Waals surface area contributed by atoms with Gasteiger partial charge in [0.1, 0.15) is 0 Å². The molecule has 3 aliphatic heterocycles. The largest absolute Gasteiger partial charge is 0.379 e. The standard InChI is InChI=1S/C18H33N3O2/c1-13(2)17(21-5-7-23-8-6-21)12-19-18(22)11-14-9-15-3-4-16(10-14)20-15/h13-17,20H,3-12H2,1-2H3,(H,19,22). The molecule has 132 valence electrons. The molecule has 0 radical (unpaired) electrons. The number of amides is 1. The number of piperidine rings is 1. The first kappa shape index (κ1) is 17.2. The summed E-state index contributed by atoms with van der Waals surface area (Å²) in [4.78, 5) is 14.9. The Morgan fingerprint density at radius 1 is 1.22 bits per heavy atom. The predicted molar refractivity (Wildman–Crippen MR) is 91.3 cm³/mol. The molecule has 0 aromatic carbocycles. The van der Waals surface area contributed by atoms with Crippen molar-refractivity contribution in [1.82, 2.24) is 15.5 Å². The summed E-state index contributed by atoms with van der Waals surface area (Å²) in [6.07, 6.45) is 5.68. The molecule has 0 saturated carbocycles. The van der Waals surface area contributed by atoms with Crippen LogP contribution in [0.5, 0.6) is 0 Å². The number of hydrogen-bond donors (Lipinski definition) is 2. The maximum absolute atomic E-state index is 12.4. The SMILES string of the molecule is CC(C)C(CNC(=O)CC1CC2CCC(C1)N2)N1CCOCC1. The van der Waals surface area contributed by atoms with Crippen LogP contribution in [0.1, 0.15) is 46.0 Å². The van der Waals surface area contributed by atoms with E-state index in [-0.39, 0.29) is 5.91 Å². The van der Waals surface area contributed by atoms with Gasteiger partial charge in [-0.25, -0.2) is 0 Å². The number of nitrogens with one attached hydrogen (secondary N) is 2. The third kappa shape index (κ3) is 4.68. The Morgan fingerprint density at radius 3 is 2.48 bits per heavy atom. The lowest BCUT2D eigenvalue weighted by molar-refractivity contribution is -0.122. The predicted octanol–water partition coefficient (Wildman–Crippen LogP) is 1.38. The van der Waals surface area contributed by atoms with Crippen LogP contribution in [0.3, 0.4) is 0 Å². The van der Waals surface area contributed by atoms with Gasteiger partial charge < -0.3 is 15.4 Å². The van der Waals surface area contributed by atoms with E-state index in [9.17, 15) is 4.79 Å². The first-order valence-corrected chi connectivity index (χ1v) is 9.46. The first-order chi connectivity index (χ1) is 11.1. The quantitative estimate of drug-likeness (QED) is 0.775. The number of fused-ring (bicyclic) bond motifs is 2. The molecule has 3 heterocycles. The van der Waals surface area contributed by atoms with E-state index < -0.39 is 0 Å². The van der Waals surface area contributed by atoms with Crippen LogP contribution >= 0.6 is 0 Å². The Kier molecular flexibility index (Phi) is 5.94. The van der Waals surface area contributed by atoms with Gasteiger partial charge in [0.2, 0.25) is 5.91 Å². The van der Waals surface area contributed by atoms with Gasteiger partial charge in [-0.15, -0.1) is 0 Å². The number of nitrogens with zero attached hydrogens (tertiary/aromatic N) is 1. The maximum atomic E-state index is 12.4. The number of rotatable bonds is 6. The third-order valence-electron chi connectivity index (χ3n) is 5.84. The molecule has 2 N–H and O–H groups in total. The van der Waals surface area contributed by atoms with Crippen LogP contribution < -0.4 is 10.6 Å². The molecule has 3 fully saturated rings. The fourth-order valence-corrected chi connectivity index (χ4v) is 4.59. The van der Waals surface area contributed by atoms with E-state index in [1.54, 1.807) is 0 Å². The number of carbonyl (C=O) groups is 1. The first-order valence-electron chi connectivity index (χ1n) is 9.46. The molecule has 3 saturated heterocycles. The van der Waals surface area contributed by atoms with Gasteiger partial charge in [0.25, 0.3) is 0 Å². The molecule has 2 bridgehead atoms. The highest BCUT2D eigenvalue weighted by atomic mass is 16.5. The summed E-state index contributed by atoms with van der Waals surface area (Å²) in [6.45, 7) is 8.86. The van der Waals surface area contributed by atoms with Crippen LogP contribution in [0.15, 0.2) is 0 Å². The smallest absolute Gasteiger partial charge is 0.220 e. The van der Waals surface area contributed by atoms with E-state index >= 15 is 0 Å². The van der Waals surface area contributed by atoms with E-state index in [0.717, 1.165) is 32.8 Å². The molecular formula is C18H33N3O2. The average molecular weight is 323 g/mol. The molecule has 3 atom stereocenters. The highest BCUT2D eigenvalue weighted by Crippen LogP contribution is 2.32. The van der Waals surface area contributed by atoms with E-state index in [1.807, 2.05) is 0 Å². The van der Waals surface area contributed by atoms with Gasteiger partial charge in [-0.2, -0.15) is 0 Å². The van der Waals surface area contributed by atoms with Gasteiger partial charge in [-0.1, -0.05) is 13.8 Å². The minimum Gasteiger partial charge on any atom is -0.379 e. The van der Waals surface area contributed by atoms with E-state index in [0.29, 0.717) is 36.4 Å². The number of hydrogen-bond acceptors (Lipinski definition) is 4. The van der Waals surface area contributed by atoms with Crippen molar-refractivity contribution in [1.29, 1.82) is 0 Å². The fourth-order valence-electron chi connectivity index (χ4n) is 4.59. The van der Waals surface area contributed by atoms with Crippen LogP contribution in [0.2, 0.25) is 0 Å². The van der Waals surface area contributed by atoms with Crippen molar-refractivity contribution in [3.05, 3.63) is 0 Å². The monoisotopic (exact) mass is 323 g/mol. The normalized spacial score (nSPS) is 32.9. The van der Waals surface area contributed by atoms with Crippen molar-refractivity contribution in [2.75, 3.05) is 32.8 Å². The summed E-state index contributed by atoms with van der Waals surface area (Å²) < 4.78 is 5.45. The third-order valence-corrected chi connectivity index (χ3v) is 5.84. The molecule has 23 heavy (non-hydrogen) atoms. The minimum absolute atomic E-state index is 0.246. The molecular weight excluding hydrogens is 290 g/mol. The second-order valence-electron chi connectivity index (χ2n) is 7.94. The van der Waals surface area contributed by atoms with Crippen molar-refractivity contribution in [2.24, 2.45) is 11.8 Å². The van der Waals surface area contributed by atoms with Crippen LogP contribution in [0.4, 0.5) is 0 Å². The van der Waals surface area contributed by atoms with Crippen LogP contribution in [0.25, 0.3) is 0 Å². The Hall–Kier alpha value is -0.650. The lowest BCUT2D eigenvalue weighted by Gasteiger charge is -2.37. The summed E-state index contributed by atoms with van der Waals surface area (Å²) in [5.41, 5.74) is 0. The van der Waals surface area contributed by atoms with Crippen LogP contribution in [0, 0.1) is 11.8 Å². The molecule has 0 aliphatic carbocycles. The topological polar surface area (TPSA) is 53.6 Å². The summed E-state index contributed by atoms with van der Waals surface area (Å²) in [7, 11) is 0. The zero-order valence-electron chi connectivity index (χ0n) is 14.7. The second-order valence-corrected chi connectivity index (χ2v) is 7.94. The number of morpholine rings is 1. The summed E-state index contributed by atoms with van der Waals surface area (Å²) in [5, 5.41) is 6.87. The Balaban J connectivity index is 1.43. The van der Waals surface area contributed by atoms with Crippen LogP contribution in [-0.4, -0.2) is 61.8 Å². The number of ether oxygens (including phenoxy) is 1. The van der Waals surface area contributed by atoms with Gasteiger partial charge in [0.15, 0.2) is 0 Å². The lowest BCUT2D eigenvalue weighted by Crippen LogP contribution is -2.51. The van der Waals surface area contributed by atoms with Gasteiger partial charge in [-0.3, -0.25) is 9.69 Å². The average Bonchev–Trinajstić information content (AvgIpc) is 2.87. The molecule has 3 unspecified atom stereocenters. The highest BCUT2D eigenvalue weighted by molar-refractivity contribution is 5.76. The molecule has 3 rings (SSSR count). The van der Waals surface area contributed by atoms with Gasteiger partial charge >= 0.3 is 0 Å². The van der Waals surface area contributed by atoms with Gasteiger partial charge in [0, 0.05) is 44.2 Å². The fraction of sp³-hybridized carbons (Fsp3) is 0.944. The Labute approximate surface area is 140 Å². The van der Waals surface area contributed by atoms with Crippen molar-refractivity contribution in [3.63, 3.8) is 0 Å². The molecule has 0 aromatic rings. The Bertz CT molecular complexity index is 384. The maximum Gasteiger partial charge on any atom is 0.220 e. The minimum atomic E-state index is 0.246. The molecule has 5 heteroatoms. The number of carbonyl (C=O) groups excluding carboxylic acids is 1. The summed E-state index contributed by atoms with van der Waals surface area (Å²) in [5.74, 6) is 1.37. The van der Waals surface area contributed by atoms with Crippen molar-refractivity contribution >= 4 is 5.91 Å². The molecule has 0 spiro atoms. The Morgan fingerprint density at radius 2 is 1.87 bits per heavy atom. The zero-order chi connectivity index (χ0) is 16.2. The molecule has 0 aromatic heterocycles. The summed E-state index contributed by atoms with van der Waals surface area (Å²) in [6, 6.07) is 1.76. The zero-order valence-corrected chi connectivity index (χ0v) is 14.7. The van der Waals surface area contributed by atoms with Crippen molar-refractivity contribution < 1.29 is 9.53 Å².